The van der Waals surface area contributed by atoms with Crippen LogP contribution in [0.15, 0.2) is 63.2 Å². The SMILES string of the molecule is FC(F)(F)c1ccc(N=NC(F)(F)c2nc3ccccc3o2)cc1. The molecule has 1 aromatic heterocycles. The molecule has 0 N–H and O–H groups in total. The van der Waals surface area contributed by atoms with Crippen LogP contribution in [0.3, 0.4) is 0 Å². The van der Waals surface area contributed by atoms with Crippen LogP contribution in [-0.4, -0.2) is 4.98 Å². The van der Waals surface area contributed by atoms with Gasteiger partial charge in [-0.3, -0.25) is 0 Å². The fourth-order valence-electron chi connectivity index (χ4n) is 1.88. The normalized spacial score (nSPS) is 13.0. The molecule has 0 aliphatic heterocycles. The Kier molecular flexibility index (Phi) is 3.78. The Bertz CT molecular complexity index is 851. The van der Waals surface area contributed by atoms with Gasteiger partial charge in [0.05, 0.1) is 11.3 Å². The molecular formula is C15H8F5N3O. The van der Waals surface area contributed by atoms with Crippen molar-refractivity contribution in [3.63, 3.8) is 0 Å². The summed E-state index contributed by atoms with van der Waals surface area (Å²) >= 11 is 0. The van der Waals surface area contributed by atoms with Gasteiger partial charge in [0.1, 0.15) is 5.52 Å². The molecule has 0 amide bonds. The van der Waals surface area contributed by atoms with Crippen molar-refractivity contribution < 1.29 is 26.4 Å². The first-order valence-corrected chi connectivity index (χ1v) is 6.60. The molecule has 3 aromatic rings. The number of benzene rings is 2. The van der Waals surface area contributed by atoms with Gasteiger partial charge in [0.25, 0.3) is 5.89 Å². The predicted molar refractivity (Wildman–Crippen MR) is 73.9 cm³/mol. The van der Waals surface area contributed by atoms with E-state index >= 15 is 0 Å². The van der Waals surface area contributed by atoms with Crippen LogP contribution in [0.4, 0.5) is 27.6 Å². The number of oxazole rings is 1. The van der Waals surface area contributed by atoms with E-state index in [-0.39, 0.29) is 16.8 Å². The Hall–Kier alpha value is -2.84. The molecule has 0 spiro atoms. The topological polar surface area (TPSA) is 50.8 Å². The lowest BCUT2D eigenvalue weighted by molar-refractivity contribution is -0.137. The van der Waals surface area contributed by atoms with Gasteiger partial charge in [0.2, 0.25) is 0 Å². The number of halogens is 5. The van der Waals surface area contributed by atoms with E-state index < -0.39 is 23.7 Å². The van der Waals surface area contributed by atoms with Crippen LogP contribution in [0.1, 0.15) is 11.5 Å². The van der Waals surface area contributed by atoms with Crippen molar-refractivity contribution in [3.05, 3.63) is 60.0 Å². The lowest BCUT2D eigenvalue weighted by atomic mass is 10.2. The van der Waals surface area contributed by atoms with Crippen molar-refractivity contribution >= 4 is 16.8 Å². The van der Waals surface area contributed by atoms with Gasteiger partial charge in [-0.2, -0.15) is 22.0 Å². The highest BCUT2D eigenvalue weighted by atomic mass is 19.4. The lowest BCUT2D eigenvalue weighted by Crippen LogP contribution is -2.09. The molecule has 0 saturated carbocycles. The van der Waals surface area contributed by atoms with Gasteiger partial charge >= 0.3 is 12.2 Å². The molecule has 1 heterocycles. The van der Waals surface area contributed by atoms with E-state index in [0.29, 0.717) is 0 Å². The van der Waals surface area contributed by atoms with Crippen molar-refractivity contribution in [2.45, 2.75) is 12.2 Å². The van der Waals surface area contributed by atoms with Crippen LogP contribution < -0.4 is 0 Å². The first kappa shape index (κ1) is 16.0. The Balaban J connectivity index is 1.84. The molecule has 0 aliphatic carbocycles. The van der Waals surface area contributed by atoms with Gasteiger partial charge in [-0.05, 0) is 36.4 Å². The van der Waals surface area contributed by atoms with Gasteiger partial charge in [0.15, 0.2) is 5.58 Å². The van der Waals surface area contributed by atoms with E-state index in [1.165, 1.54) is 12.1 Å². The number of hydrogen-bond acceptors (Lipinski definition) is 4. The second kappa shape index (κ2) is 5.66. The molecule has 0 bridgehead atoms. The second-order valence-corrected chi connectivity index (χ2v) is 4.77. The zero-order valence-electron chi connectivity index (χ0n) is 11.8. The third kappa shape index (κ3) is 3.24. The molecule has 2 aromatic carbocycles. The van der Waals surface area contributed by atoms with E-state index in [4.69, 9.17) is 4.42 Å². The van der Waals surface area contributed by atoms with Crippen molar-refractivity contribution in [3.8, 4) is 0 Å². The van der Waals surface area contributed by atoms with E-state index in [1.54, 1.807) is 12.1 Å². The molecule has 0 radical (unpaired) electrons. The summed E-state index contributed by atoms with van der Waals surface area (Å²) in [7, 11) is 0. The fourth-order valence-corrected chi connectivity index (χ4v) is 1.88. The second-order valence-electron chi connectivity index (χ2n) is 4.77. The molecule has 4 nitrogen and oxygen atoms in total. The molecule has 0 saturated heterocycles. The summed E-state index contributed by atoms with van der Waals surface area (Å²) < 4.78 is 70.1. The van der Waals surface area contributed by atoms with Gasteiger partial charge in [-0.15, -0.1) is 10.2 Å². The van der Waals surface area contributed by atoms with Gasteiger partial charge < -0.3 is 4.42 Å². The quantitative estimate of drug-likeness (QED) is 0.350. The maximum atomic E-state index is 14.0. The molecular weight excluding hydrogens is 333 g/mol. The van der Waals surface area contributed by atoms with Crippen LogP contribution in [0.5, 0.6) is 0 Å². The predicted octanol–water partition coefficient (Wildman–Crippen LogP) is 5.68. The number of rotatable bonds is 3. The molecule has 9 heteroatoms. The third-order valence-electron chi connectivity index (χ3n) is 3.04. The molecule has 0 aliphatic rings. The minimum atomic E-state index is -4.52. The Morgan fingerprint density at radius 1 is 0.875 bits per heavy atom. The minimum absolute atomic E-state index is 0.154. The summed E-state index contributed by atoms with van der Waals surface area (Å²) in [4.78, 5) is 3.62. The fraction of sp³-hybridized carbons (Fsp3) is 0.133. The maximum absolute atomic E-state index is 14.0. The molecule has 24 heavy (non-hydrogen) atoms. The van der Waals surface area contributed by atoms with Crippen molar-refractivity contribution in [1.82, 2.24) is 4.98 Å². The van der Waals surface area contributed by atoms with Crippen LogP contribution >= 0.6 is 0 Å². The number of nitrogens with zero attached hydrogens (tertiary/aromatic N) is 3. The largest absolute Gasteiger partial charge is 0.436 e. The molecule has 3 rings (SSSR count). The van der Waals surface area contributed by atoms with Crippen molar-refractivity contribution in [2.75, 3.05) is 0 Å². The monoisotopic (exact) mass is 341 g/mol. The highest BCUT2D eigenvalue weighted by Crippen LogP contribution is 2.34. The number of fused-ring (bicyclic) bond motifs is 1. The van der Waals surface area contributed by atoms with E-state index in [1.807, 2.05) is 0 Å². The molecule has 0 fully saturated rings. The Morgan fingerprint density at radius 2 is 1.54 bits per heavy atom. The molecule has 124 valence electrons. The summed E-state index contributed by atoms with van der Waals surface area (Å²) in [5.74, 6) is -0.945. The van der Waals surface area contributed by atoms with Crippen LogP contribution in [0.25, 0.3) is 11.1 Å². The van der Waals surface area contributed by atoms with Crippen LogP contribution in [0, 0.1) is 0 Å². The smallest absolute Gasteiger partial charge is 0.433 e. The molecule has 0 unspecified atom stereocenters. The Morgan fingerprint density at radius 3 is 2.17 bits per heavy atom. The highest BCUT2D eigenvalue weighted by Gasteiger charge is 2.38. The number of para-hydroxylation sites is 2. The third-order valence-corrected chi connectivity index (χ3v) is 3.04. The maximum Gasteiger partial charge on any atom is 0.436 e. The van der Waals surface area contributed by atoms with E-state index in [0.717, 1.165) is 24.3 Å². The van der Waals surface area contributed by atoms with E-state index in [2.05, 4.69) is 15.2 Å². The molecule has 0 atom stereocenters. The van der Waals surface area contributed by atoms with E-state index in [9.17, 15) is 22.0 Å². The zero-order chi connectivity index (χ0) is 17.4. The van der Waals surface area contributed by atoms with Gasteiger partial charge in [0, 0.05) is 0 Å². The first-order chi connectivity index (χ1) is 11.3. The summed E-state index contributed by atoms with van der Waals surface area (Å²) in [6.45, 7) is 0. The zero-order valence-corrected chi connectivity index (χ0v) is 11.8. The summed E-state index contributed by atoms with van der Waals surface area (Å²) in [6.07, 6.45) is -4.52. The minimum Gasteiger partial charge on any atom is -0.433 e. The average molecular weight is 341 g/mol. The first-order valence-electron chi connectivity index (χ1n) is 6.60. The number of azo groups is 1. The van der Waals surface area contributed by atoms with Gasteiger partial charge in [-0.25, -0.2) is 4.98 Å². The number of alkyl halides is 5. The highest BCUT2D eigenvalue weighted by molar-refractivity contribution is 5.72. The summed E-state index contributed by atoms with van der Waals surface area (Å²) in [5, 5.41) is 6.09. The number of hydrogen-bond donors (Lipinski definition) is 0. The van der Waals surface area contributed by atoms with Crippen LogP contribution in [0.2, 0.25) is 0 Å². The van der Waals surface area contributed by atoms with Gasteiger partial charge in [-0.1, -0.05) is 12.1 Å². The number of aromatic nitrogens is 1. The average Bonchev–Trinajstić information content (AvgIpc) is 2.98. The Labute approximate surface area is 131 Å². The summed E-state index contributed by atoms with van der Waals surface area (Å²) in [5.41, 5.74) is -0.667. The lowest BCUT2D eigenvalue weighted by Gasteiger charge is -2.06. The standard InChI is InChI=1S/C15H8F5N3O/c16-14(17,18)9-5-7-10(8-6-9)22-23-15(19,20)13-21-11-3-1-2-4-12(11)24-13/h1-8H. The van der Waals surface area contributed by atoms with Crippen molar-refractivity contribution in [1.29, 1.82) is 0 Å². The van der Waals surface area contributed by atoms with Crippen molar-refractivity contribution in [2.24, 2.45) is 10.2 Å². The summed E-state index contributed by atoms with van der Waals surface area (Å²) in [6, 6.07) is 5.65. The van der Waals surface area contributed by atoms with Crippen LogP contribution in [-0.2, 0) is 12.2 Å².